The molecule has 1 fully saturated rings. The fraction of sp³-hybridized carbons (Fsp3) is 0.476. The summed E-state index contributed by atoms with van der Waals surface area (Å²) in [5.74, 6) is 1.53. The Morgan fingerprint density at radius 1 is 1.29 bits per heavy atom. The van der Waals surface area contributed by atoms with E-state index in [1.807, 2.05) is 19.6 Å². The van der Waals surface area contributed by atoms with Gasteiger partial charge in [-0.15, -0.1) is 0 Å². The number of aromatic nitrogens is 2. The Hall–Kier alpha value is -2.83. The van der Waals surface area contributed by atoms with Gasteiger partial charge >= 0.3 is 0 Å². The number of carbonyl (C=O) groups is 1. The Balaban J connectivity index is 1.50. The molecule has 1 aliphatic rings. The van der Waals surface area contributed by atoms with Crippen molar-refractivity contribution >= 4 is 11.9 Å². The number of amides is 1. The first-order valence-corrected chi connectivity index (χ1v) is 9.87. The molecule has 0 atom stereocenters. The number of nitrogens with one attached hydrogen (secondary N) is 2. The van der Waals surface area contributed by atoms with Crippen molar-refractivity contribution in [2.45, 2.75) is 32.4 Å². The second-order valence-electron chi connectivity index (χ2n) is 7.26. The molecule has 0 unspecified atom stereocenters. The van der Waals surface area contributed by atoms with Crippen LogP contribution in [0.15, 0.2) is 48.0 Å². The molecule has 0 spiro atoms. The van der Waals surface area contributed by atoms with Crippen LogP contribution in [0.5, 0.6) is 0 Å². The topological polar surface area (TPSA) is 74.5 Å². The van der Waals surface area contributed by atoms with Crippen LogP contribution in [0.2, 0.25) is 0 Å². The second kappa shape index (κ2) is 9.92. The summed E-state index contributed by atoms with van der Waals surface area (Å²) >= 11 is 0. The SMILES string of the molecule is CN=C(NCc1cccc(Cn2ccnc2)c1)N1CCC(CC(=O)NC)CC1. The van der Waals surface area contributed by atoms with E-state index in [0.29, 0.717) is 12.3 Å². The lowest BCUT2D eigenvalue weighted by Gasteiger charge is -2.34. The van der Waals surface area contributed by atoms with Crippen molar-refractivity contribution in [3.63, 3.8) is 0 Å². The van der Waals surface area contributed by atoms with Crippen LogP contribution in [0, 0.1) is 5.92 Å². The molecular formula is C21H30N6O. The first kappa shape index (κ1) is 19.9. The highest BCUT2D eigenvalue weighted by molar-refractivity contribution is 5.80. The number of hydrogen-bond acceptors (Lipinski definition) is 3. The monoisotopic (exact) mass is 382 g/mol. The van der Waals surface area contributed by atoms with Crippen molar-refractivity contribution < 1.29 is 4.79 Å². The van der Waals surface area contributed by atoms with Crippen molar-refractivity contribution in [1.29, 1.82) is 0 Å². The molecule has 150 valence electrons. The quantitative estimate of drug-likeness (QED) is 0.591. The number of benzene rings is 1. The predicted molar refractivity (Wildman–Crippen MR) is 111 cm³/mol. The number of imidazole rings is 1. The van der Waals surface area contributed by atoms with Crippen molar-refractivity contribution in [2.75, 3.05) is 27.2 Å². The lowest BCUT2D eigenvalue weighted by atomic mass is 9.93. The van der Waals surface area contributed by atoms with Gasteiger partial charge in [0.1, 0.15) is 0 Å². The van der Waals surface area contributed by atoms with Gasteiger partial charge in [-0.05, 0) is 29.9 Å². The summed E-state index contributed by atoms with van der Waals surface area (Å²) < 4.78 is 2.06. The van der Waals surface area contributed by atoms with Gasteiger partial charge in [0.15, 0.2) is 5.96 Å². The van der Waals surface area contributed by atoms with E-state index < -0.39 is 0 Å². The maximum absolute atomic E-state index is 11.6. The summed E-state index contributed by atoms with van der Waals surface area (Å²) in [6.45, 7) is 3.42. The molecule has 2 aromatic rings. The Bertz CT molecular complexity index is 778. The van der Waals surface area contributed by atoms with E-state index in [-0.39, 0.29) is 5.91 Å². The molecule has 1 amide bonds. The Kier molecular flexibility index (Phi) is 7.06. The highest BCUT2D eigenvalue weighted by Gasteiger charge is 2.22. The maximum Gasteiger partial charge on any atom is 0.220 e. The first-order valence-electron chi connectivity index (χ1n) is 9.87. The summed E-state index contributed by atoms with van der Waals surface area (Å²) in [6, 6.07) is 8.58. The van der Waals surface area contributed by atoms with Crippen molar-refractivity contribution in [3.05, 3.63) is 54.1 Å². The average molecular weight is 383 g/mol. The summed E-state index contributed by atoms with van der Waals surface area (Å²) in [7, 11) is 3.53. The molecule has 1 saturated heterocycles. The first-order chi connectivity index (χ1) is 13.7. The third kappa shape index (κ3) is 5.58. The van der Waals surface area contributed by atoms with Crippen LogP contribution < -0.4 is 10.6 Å². The molecule has 1 aromatic heterocycles. The average Bonchev–Trinajstić information content (AvgIpc) is 3.23. The fourth-order valence-electron chi connectivity index (χ4n) is 3.66. The van der Waals surface area contributed by atoms with Gasteiger partial charge < -0.3 is 20.1 Å². The van der Waals surface area contributed by atoms with Gasteiger partial charge in [-0.3, -0.25) is 9.79 Å². The van der Waals surface area contributed by atoms with E-state index in [9.17, 15) is 4.79 Å². The van der Waals surface area contributed by atoms with E-state index in [1.54, 1.807) is 13.2 Å². The minimum absolute atomic E-state index is 0.136. The second-order valence-corrected chi connectivity index (χ2v) is 7.26. The molecule has 1 aromatic carbocycles. The minimum atomic E-state index is 0.136. The summed E-state index contributed by atoms with van der Waals surface area (Å²) in [5, 5.41) is 6.21. The maximum atomic E-state index is 11.6. The minimum Gasteiger partial charge on any atom is -0.359 e. The highest BCUT2D eigenvalue weighted by atomic mass is 16.1. The van der Waals surface area contributed by atoms with Crippen molar-refractivity contribution in [1.82, 2.24) is 25.1 Å². The zero-order chi connectivity index (χ0) is 19.8. The number of nitrogens with zero attached hydrogens (tertiary/aromatic N) is 4. The van der Waals surface area contributed by atoms with Crippen molar-refractivity contribution in [3.8, 4) is 0 Å². The van der Waals surface area contributed by atoms with Gasteiger partial charge in [0.2, 0.25) is 5.91 Å². The largest absolute Gasteiger partial charge is 0.359 e. The lowest BCUT2D eigenvalue weighted by Crippen LogP contribution is -2.45. The number of hydrogen-bond donors (Lipinski definition) is 2. The number of likely N-dealkylation sites (tertiary alicyclic amines) is 1. The molecule has 0 saturated carbocycles. The van der Waals surface area contributed by atoms with E-state index in [4.69, 9.17) is 0 Å². The van der Waals surface area contributed by atoms with Gasteiger partial charge in [0, 0.05) is 59.1 Å². The van der Waals surface area contributed by atoms with Crippen LogP contribution in [-0.4, -0.2) is 53.5 Å². The van der Waals surface area contributed by atoms with Gasteiger partial charge in [-0.25, -0.2) is 4.98 Å². The zero-order valence-electron chi connectivity index (χ0n) is 16.8. The normalized spacial score (nSPS) is 15.5. The number of rotatable bonds is 6. The van der Waals surface area contributed by atoms with Crippen molar-refractivity contribution in [2.24, 2.45) is 10.9 Å². The Labute approximate surface area is 166 Å². The smallest absolute Gasteiger partial charge is 0.220 e. The van der Waals surface area contributed by atoms with Gasteiger partial charge in [-0.1, -0.05) is 24.3 Å². The molecule has 0 radical (unpaired) electrons. The molecule has 0 aliphatic carbocycles. The molecule has 3 rings (SSSR count). The number of carbonyl (C=O) groups excluding carboxylic acids is 1. The standard InChI is InChI=1S/C21H30N6O/c1-22-20(28)13-17-6-9-27(10-7-17)21(23-2)25-14-18-4-3-5-19(12-18)15-26-11-8-24-16-26/h3-5,8,11-12,16-17H,6-7,9-10,13-15H2,1-2H3,(H,22,28)(H,23,25). The molecule has 2 heterocycles. The third-order valence-corrected chi connectivity index (χ3v) is 5.25. The molecule has 0 bridgehead atoms. The van der Waals surface area contributed by atoms with Crippen LogP contribution in [0.4, 0.5) is 0 Å². The number of aliphatic imine (C=N–C) groups is 1. The summed E-state index contributed by atoms with van der Waals surface area (Å²) in [6.07, 6.45) is 8.28. The van der Waals surface area contributed by atoms with Crippen LogP contribution in [0.1, 0.15) is 30.4 Å². The lowest BCUT2D eigenvalue weighted by molar-refractivity contribution is -0.121. The van der Waals surface area contributed by atoms with Crippen LogP contribution in [-0.2, 0) is 17.9 Å². The highest BCUT2D eigenvalue weighted by Crippen LogP contribution is 2.20. The van der Waals surface area contributed by atoms with Gasteiger partial charge in [0.25, 0.3) is 0 Å². The summed E-state index contributed by atoms with van der Waals surface area (Å²) in [4.78, 5) is 22.4. The molecule has 7 nitrogen and oxygen atoms in total. The third-order valence-electron chi connectivity index (χ3n) is 5.25. The fourth-order valence-corrected chi connectivity index (χ4v) is 3.66. The van der Waals surface area contributed by atoms with E-state index in [0.717, 1.165) is 45.0 Å². The predicted octanol–water partition coefficient (Wildman–Crippen LogP) is 1.85. The molecule has 7 heteroatoms. The molecule has 2 N–H and O–H groups in total. The Morgan fingerprint density at radius 2 is 2.07 bits per heavy atom. The van der Waals surface area contributed by atoms with Crippen LogP contribution >= 0.6 is 0 Å². The van der Waals surface area contributed by atoms with Gasteiger partial charge in [-0.2, -0.15) is 0 Å². The molecule has 28 heavy (non-hydrogen) atoms. The molecular weight excluding hydrogens is 352 g/mol. The van der Waals surface area contributed by atoms with E-state index >= 15 is 0 Å². The van der Waals surface area contributed by atoms with E-state index in [1.165, 1.54) is 11.1 Å². The Morgan fingerprint density at radius 3 is 2.75 bits per heavy atom. The summed E-state index contributed by atoms with van der Waals surface area (Å²) in [5.41, 5.74) is 2.48. The van der Waals surface area contributed by atoms with Gasteiger partial charge in [0.05, 0.1) is 6.33 Å². The zero-order valence-corrected chi connectivity index (χ0v) is 16.8. The molecule has 1 aliphatic heterocycles. The van der Waals surface area contributed by atoms with Crippen LogP contribution in [0.25, 0.3) is 0 Å². The van der Waals surface area contributed by atoms with Crippen LogP contribution in [0.3, 0.4) is 0 Å². The number of guanidine groups is 1. The van der Waals surface area contributed by atoms with E-state index in [2.05, 4.69) is 54.3 Å². The number of piperidine rings is 1.